The summed E-state index contributed by atoms with van der Waals surface area (Å²) in [5.74, 6) is 2.77. The first-order valence-electron chi connectivity index (χ1n) is 6.61. The van der Waals surface area contributed by atoms with E-state index in [0.717, 1.165) is 12.2 Å². The molecule has 4 nitrogen and oxygen atoms in total. The molecule has 1 amide bonds. The summed E-state index contributed by atoms with van der Waals surface area (Å²) in [5.41, 5.74) is 6.97. The summed E-state index contributed by atoms with van der Waals surface area (Å²) >= 11 is 1.89. The Morgan fingerprint density at radius 2 is 2.42 bits per heavy atom. The van der Waals surface area contributed by atoms with Gasteiger partial charge in [-0.3, -0.25) is 4.79 Å². The van der Waals surface area contributed by atoms with Crippen LogP contribution in [0, 0.1) is 0 Å². The molecule has 2 rings (SSSR count). The Labute approximate surface area is 118 Å². The minimum absolute atomic E-state index is 0.0535. The van der Waals surface area contributed by atoms with Crippen LogP contribution >= 0.6 is 11.8 Å². The van der Waals surface area contributed by atoms with E-state index in [1.165, 1.54) is 12.2 Å². The molecule has 0 aromatic heterocycles. The van der Waals surface area contributed by atoms with Crippen molar-refractivity contribution in [3.05, 3.63) is 23.8 Å². The molecule has 3 N–H and O–H groups in total. The van der Waals surface area contributed by atoms with Crippen LogP contribution < -0.4 is 15.8 Å². The molecular weight excluding hydrogens is 260 g/mol. The number of benzene rings is 1. The number of hydrogen-bond acceptors (Lipinski definition) is 4. The van der Waals surface area contributed by atoms with E-state index in [0.29, 0.717) is 23.6 Å². The van der Waals surface area contributed by atoms with Crippen LogP contribution in [0.15, 0.2) is 18.2 Å². The average molecular weight is 280 g/mol. The fourth-order valence-electron chi connectivity index (χ4n) is 2.10. The first kappa shape index (κ1) is 14.1. The third kappa shape index (κ3) is 3.80. The predicted octanol–water partition coefficient (Wildman–Crippen LogP) is 2.29. The molecule has 1 fully saturated rings. The molecule has 1 aromatic carbocycles. The third-order valence-electron chi connectivity index (χ3n) is 3.07. The zero-order valence-electron chi connectivity index (χ0n) is 11.1. The highest BCUT2D eigenvalue weighted by atomic mass is 32.2. The first-order chi connectivity index (χ1) is 9.20. The second-order valence-electron chi connectivity index (χ2n) is 4.57. The third-order valence-corrected chi connectivity index (χ3v) is 4.28. The largest absolute Gasteiger partial charge is 0.492 e. The van der Waals surface area contributed by atoms with Gasteiger partial charge in [-0.25, -0.2) is 0 Å². The Morgan fingerprint density at radius 3 is 3.05 bits per heavy atom. The van der Waals surface area contributed by atoms with Crippen molar-refractivity contribution < 1.29 is 9.53 Å². The van der Waals surface area contributed by atoms with Crippen molar-refractivity contribution in [1.29, 1.82) is 0 Å². The number of anilines is 1. The smallest absolute Gasteiger partial charge is 0.251 e. The lowest BCUT2D eigenvalue weighted by molar-refractivity contribution is 0.0938. The van der Waals surface area contributed by atoms with Crippen molar-refractivity contribution in [2.45, 2.75) is 25.8 Å². The molecule has 0 bridgehead atoms. The Kier molecular flexibility index (Phi) is 4.96. The van der Waals surface area contributed by atoms with Crippen LogP contribution in [0.5, 0.6) is 5.75 Å². The van der Waals surface area contributed by atoms with Gasteiger partial charge in [0.2, 0.25) is 0 Å². The van der Waals surface area contributed by atoms with Crippen LogP contribution in [0.1, 0.15) is 30.1 Å². The maximum absolute atomic E-state index is 12.1. The maximum Gasteiger partial charge on any atom is 0.251 e. The van der Waals surface area contributed by atoms with E-state index in [-0.39, 0.29) is 11.9 Å². The molecule has 1 heterocycles. The average Bonchev–Trinajstić information content (AvgIpc) is 2.42. The number of nitrogens with two attached hydrogens (primary N) is 1. The van der Waals surface area contributed by atoms with Crippen LogP contribution in [0.25, 0.3) is 0 Å². The molecule has 0 spiro atoms. The SMILES string of the molecule is CCOc1ccc(C(=O)NC2CCCSC2)cc1N. The number of nitrogens with one attached hydrogen (secondary N) is 1. The Morgan fingerprint density at radius 1 is 1.58 bits per heavy atom. The number of carbonyl (C=O) groups is 1. The zero-order chi connectivity index (χ0) is 13.7. The number of nitrogen functional groups attached to an aromatic ring is 1. The van der Waals surface area contributed by atoms with Gasteiger partial charge >= 0.3 is 0 Å². The Bertz CT molecular complexity index is 445. The quantitative estimate of drug-likeness (QED) is 0.831. The minimum atomic E-state index is -0.0535. The Hall–Kier alpha value is -1.36. The Balaban J connectivity index is 2.00. The fraction of sp³-hybridized carbons (Fsp3) is 0.500. The molecule has 5 heteroatoms. The maximum atomic E-state index is 12.1. The lowest BCUT2D eigenvalue weighted by Crippen LogP contribution is -2.38. The number of carbonyl (C=O) groups excluding carboxylic acids is 1. The van der Waals surface area contributed by atoms with E-state index in [4.69, 9.17) is 10.5 Å². The summed E-state index contributed by atoms with van der Waals surface area (Å²) in [6.07, 6.45) is 2.23. The molecule has 1 aromatic rings. The molecule has 1 atom stereocenters. The summed E-state index contributed by atoms with van der Waals surface area (Å²) < 4.78 is 5.36. The minimum Gasteiger partial charge on any atom is -0.492 e. The van der Waals surface area contributed by atoms with E-state index < -0.39 is 0 Å². The molecule has 0 saturated carbocycles. The summed E-state index contributed by atoms with van der Waals surface area (Å²) in [7, 11) is 0. The zero-order valence-corrected chi connectivity index (χ0v) is 12.0. The second kappa shape index (κ2) is 6.70. The molecule has 1 unspecified atom stereocenters. The lowest BCUT2D eigenvalue weighted by atomic mass is 10.1. The standard InChI is InChI=1S/C14H20N2O2S/c1-2-18-13-6-5-10(8-12(13)15)14(17)16-11-4-3-7-19-9-11/h5-6,8,11H,2-4,7,9,15H2,1H3,(H,16,17). The van der Waals surface area contributed by atoms with Gasteiger partial charge in [-0.05, 0) is 43.7 Å². The monoisotopic (exact) mass is 280 g/mol. The topological polar surface area (TPSA) is 64.3 Å². The molecule has 1 aliphatic rings. The van der Waals surface area contributed by atoms with Gasteiger partial charge in [-0.1, -0.05) is 0 Å². The van der Waals surface area contributed by atoms with Gasteiger partial charge in [0.25, 0.3) is 5.91 Å². The molecule has 0 aliphatic carbocycles. The molecule has 19 heavy (non-hydrogen) atoms. The van der Waals surface area contributed by atoms with Crippen LogP contribution in [0.2, 0.25) is 0 Å². The van der Waals surface area contributed by atoms with Gasteiger partial charge in [0, 0.05) is 17.4 Å². The molecule has 1 saturated heterocycles. The second-order valence-corrected chi connectivity index (χ2v) is 5.72. The summed E-state index contributed by atoms with van der Waals surface area (Å²) in [6.45, 7) is 2.47. The number of rotatable bonds is 4. The first-order valence-corrected chi connectivity index (χ1v) is 7.77. The normalized spacial score (nSPS) is 18.9. The number of ether oxygens (including phenoxy) is 1. The van der Waals surface area contributed by atoms with E-state index in [1.807, 2.05) is 18.7 Å². The van der Waals surface area contributed by atoms with Crippen molar-refractivity contribution in [3.63, 3.8) is 0 Å². The van der Waals surface area contributed by atoms with Crippen molar-refractivity contribution in [1.82, 2.24) is 5.32 Å². The van der Waals surface area contributed by atoms with Crippen LogP contribution in [0.3, 0.4) is 0 Å². The molecule has 0 radical (unpaired) electrons. The molecular formula is C14H20N2O2S. The summed E-state index contributed by atoms with van der Waals surface area (Å²) in [4.78, 5) is 12.1. The van der Waals surface area contributed by atoms with Crippen molar-refractivity contribution in [3.8, 4) is 5.75 Å². The highest BCUT2D eigenvalue weighted by molar-refractivity contribution is 7.99. The van der Waals surface area contributed by atoms with Gasteiger partial charge in [0.05, 0.1) is 12.3 Å². The van der Waals surface area contributed by atoms with E-state index in [9.17, 15) is 4.79 Å². The van der Waals surface area contributed by atoms with E-state index in [2.05, 4.69) is 5.32 Å². The van der Waals surface area contributed by atoms with Gasteiger partial charge in [0.1, 0.15) is 5.75 Å². The van der Waals surface area contributed by atoms with Crippen LogP contribution in [-0.2, 0) is 0 Å². The predicted molar refractivity (Wildman–Crippen MR) is 79.8 cm³/mol. The molecule has 1 aliphatic heterocycles. The number of amides is 1. The van der Waals surface area contributed by atoms with E-state index in [1.54, 1.807) is 18.2 Å². The molecule has 104 valence electrons. The van der Waals surface area contributed by atoms with Crippen molar-refractivity contribution >= 4 is 23.4 Å². The summed E-state index contributed by atoms with van der Waals surface area (Å²) in [5, 5.41) is 3.06. The van der Waals surface area contributed by atoms with Gasteiger partial charge in [-0.2, -0.15) is 11.8 Å². The van der Waals surface area contributed by atoms with Crippen molar-refractivity contribution in [2.75, 3.05) is 23.8 Å². The van der Waals surface area contributed by atoms with Crippen LogP contribution in [-0.4, -0.2) is 30.1 Å². The fourth-order valence-corrected chi connectivity index (χ4v) is 3.17. The van der Waals surface area contributed by atoms with Crippen molar-refractivity contribution in [2.24, 2.45) is 0 Å². The summed E-state index contributed by atoms with van der Waals surface area (Å²) in [6, 6.07) is 5.46. The number of hydrogen-bond donors (Lipinski definition) is 2. The lowest BCUT2D eigenvalue weighted by Gasteiger charge is -2.22. The highest BCUT2D eigenvalue weighted by Crippen LogP contribution is 2.23. The van der Waals surface area contributed by atoms with E-state index >= 15 is 0 Å². The van der Waals surface area contributed by atoms with Gasteiger partial charge in [-0.15, -0.1) is 0 Å². The van der Waals surface area contributed by atoms with Crippen LogP contribution in [0.4, 0.5) is 5.69 Å². The van der Waals surface area contributed by atoms with Gasteiger partial charge in [0.15, 0.2) is 0 Å². The van der Waals surface area contributed by atoms with Gasteiger partial charge < -0.3 is 15.8 Å². The highest BCUT2D eigenvalue weighted by Gasteiger charge is 2.17. The number of thioether (sulfide) groups is 1.